The van der Waals surface area contributed by atoms with Crippen LogP contribution in [-0.4, -0.2) is 51.2 Å². The molecule has 1 fully saturated rings. The van der Waals surface area contributed by atoms with Crippen molar-refractivity contribution >= 4 is 27.4 Å². The predicted molar refractivity (Wildman–Crippen MR) is 118 cm³/mol. The molecule has 4 aromatic rings. The first-order valence-electron chi connectivity index (χ1n) is 10.0. The molecular weight excluding hydrogens is 398 g/mol. The number of fused-ring (bicyclic) bond motifs is 1. The molecule has 7 nitrogen and oxygen atoms in total. The number of aliphatic hydroxyl groups excluding tert-OH is 1. The van der Waals surface area contributed by atoms with Crippen LogP contribution >= 0.6 is 11.3 Å². The SMILES string of the molecule is Cc1cccc(-c2ccn(-c3nc(N4CCOCC4)c4sc(CO)c(C)c4n3)n2)c1. The van der Waals surface area contributed by atoms with Crippen LogP contribution in [0.3, 0.4) is 0 Å². The summed E-state index contributed by atoms with van der Waals surface area (Å²) in [6.07, 6.45) is 1.90. The second kappa shape index (κ2) is 7.79. The van der Waals surface area contributed by atoms with E-state index in [9.17, 15) is 5.11 Å². The smallest absolute Gasteiger partial charge is 0.253 e. The highest BCUT2D eigenvalue weighted by Gasteiger charge is 2.22. The van der Waals surface area contributed by atoms with Gasteiger partial charge in [0.15, 0.2) is 5.82 Å². The lowest BCUT2D eigenvalue weighted by atomic mass is 10.1. The lowest BCUT2D eigenvalue weighted by molar-refractivity contribution is 0.122. The molecule has 0 amide bonds. The summed E-state index contributed by atoms with van der Waals surface area (Å²) >= 11 is 1.56. The number of aromatic nitrogens is 4. The van der Waals surface area contributed by atoms with Crippen molar-refractivity contribution in [1.29, 1.82) is 0 Å². The van der Waals surface area contributed by atoms with E-state index in [1.54, 1.807) is 16.0 Å². The largest absolute Gasteiger partial charge is 0.391 e. The van der Waals surface area contributed by atoms with Gasteiger partial charge >= 0.3 is 0 Å². The Morgan fingerprint density at radius 1 is 1.13 bits per heavy atom. The van der Waals surface area contributed by atoms with Crippen molar-refractivity contribution in [2.45, 2.75) is 20.5 Å². The zero-order valence-electron chi connectivity index (χ0n) is 17.0. The lowest BCUT2D eigenvalue weighted by Crippen LogP contribution is -2.37. The van der Waals surface area contributed by atoms with Gasteiger partial charge in [0, 0.05) is 29.7 Å². The van der Waals surface area contributed by atoms with Crippen molar-refractivity contribution in [2.75, 3.05) is 31.2 Å². The van der Waals surface area contributed by atoms with E-state index in [0.29, 0.717) is 19.2 Å². The van der Waals surface area contributed by atoms with Crippen LogP contribution in [0.2, 0.25) is 0 Å². The summed E-state index contributed by atoms with van der Waals surface area (Å²) in [4.78, 5) is 12.9. The summed E-state index contributed by atoms with van der Waals surface area (Å²) in [5.41, 5.74) is 5.02. The normalized spacial score (nSPS) is 14.6. The highest BCUT2D eigenvalue weighted by Crippen LogP contribution is 2.36. The topological polar surface area (TPSA) is 76.3 Å². The number of hydrogen-bond donors (Lipinski definition) is 1. The third-order valence-corrected chi connectivity index (χ3v) is 6.66. The standard InChI is InChI=1S/C22H23N5O2S/c1-14-4-3-5-16(12-14)17-6-7-27(25-17)22-23-19-15(2)18(13-28)30-20(19)21(24-22)26-8-10-29-11-9-26/h3-7,12,28H,8-11,13H2,1-2H3. The Bertz CT molecular complexity index is 1210. The van der Waals surface area contributed by atoms with E-state index in [4.69, 9.17) is 19.8 Å². The average Bonchev–Trinajstić information content (AvgIpc) is 3.39. The number of thiophene rings is 1. The van der Waals surface area contributed by atoms with E-state index < -0.39 is 0 Å². The summed E-state index contributed by atoms with van der Waals surface area (Å²) in [7, 11) is 0. The number of benzene rings is 1. The minimum Gasteiger partial charge on any atom is -0.391 e. The van der Waals surface area contributed by atoms with Crippen LogP contribution < -0.4 is 4.90 Å². The second-order valence-electron chi connectivity index (χ2n) is 7.45. The Kier molecular flexibility index (Phi) is 4.98. The van der Waals surface area contributed by atoms with Gasteiger partial charge in [-0.3, -0.25) is 0 Å². The number of nitrogens with zero attached hydrogens (tertiary/aromatic N) is 5. The van der Waals surface area contributed by atoms with Gasteiger partial charge in [0.05, 0.1) is 35.7 Å². The van der Waals surface area contributed by atoms with Gasteiger partial charge in [0.25, 0.3) is 5.95 Å². The highest BCUT2D eigenvalue weighted by molar-refractivity contribution is 7.19. The van der Waals surface area contributed by atoms with Gasteiger partial charge in [-0.25, -0.2) is 9.67 Å². The molecule has 0 atom stereocenters. The lowest BCUT2D eigenvalue weighted by Gasteiger charge is -2.28. The van der Waals surface area contributed by atoms with Gasteiger partial charge in [-0.05, 0) is 31.5 Å². The van der Waals surface area contributed by atoms with E-state index in [1.807, 2.05) is 25.3 Å². The molecule has 1 saturated heterocycles. The summed E-state index contributed by atoms with van der Waals surface area (Å²) in [5, 5.41) is 14.5. The third-order valence-electron chi connectivity index (χ3n) is 5.40. The van der Waals surface area contributed by atoms with E-state index in [1.165, 1.54) is 5.56 Å². The summed E-state index contributed by atoms with van der Waals surface area (Å²) < 4.78 is 8.26. The maximum absolute atomic E-state index is 9.77. The van der Waals surface area contributed by atoms with Crippen molar-refractivity contribution in [3.05, 3.63) is 52.5 Å². The Morgan fingerprint density at radius 3 is 2.73 bits per heavy atom. The van der Waals surface area contributed by atoms with Crippen molar-refractivity contribution in [2.24, 2.45) is 0 Å². The fourth-order valence-corrected chi connectivity index (χ4v) is 4.87. The average molecular weight is 422 g/mol. The molecule has 8 heteroatoms. The second-order valence-corrected chi connectivity index (χ2v) is 8.55. The molecule has 1 aliphatic heterocycles. The number of hydrogen-bond acceptors (Lipinski definition) is 7. The third kappa shape index (κ3) is 3.36. The van der Waals surface area contributed by atoms with Crippen molar-refractivity contribution in [3.8, 4) is 17.2 Å². The highest BCUT2D eigenvalue weighted by atomic mass is 32.1. The molecule has 30 heavy (non-hydrogen) atoms. The van der Waals surface area contributed by atoms with Gasteiger partial charge < -0.3 is 14.7 Å². The number of aryl methyl sites for hydroxylation is 2. The minimum absolute atomic E-state index is 0.00399. The number of rotatable bonds is 4. The molecule has 0 unspecified atom stereocenters. The van der Waals surface area contributed by atoms with E-state index in [-0.39, 0.29) is 6.61 Å². The van der Waals surface area contributed by atoms with Crippen LogP contribution in [-0.2, 0) is 11.3 Å². The molecule has 1 aliphatic rings. The van der Waals surface area contributed by atoms with Crippen molar-refractivity contribution < 1.29 is 9.84 Å². The van der Waals surface area contributed by atoms with Crippen LogP contribution in [0.15, 0.2) is 36.5 Å². The summed E-state index contributed by atoms with van der Waals surface area (Å²) in [6, 6.07) is 10.3. The first kappa shape index (κ1) is 19.2. The summed E-state index contributed by atoms with van der Waals surface area (Å²) in [5.74, 6) is 1.42. The molecule has 154 valence electrons. The molecule has 0 saturated carbocycles. The van der Waals surface area contributed by atoms with Gasteiger partial charge in [0.2, 0.25) is 0 Å². The molecule has 4 heterocycles. The molecular formula is C22H23N5O2S. The van der Waals surface area contributed by atoms with Gasteiger partial charge in [-0.2, -0.15) is 10.1 Å². The molecule has 0 spiro atoms. The fourth-order valence-electron chi connectivity index (χ4n) is 3.74. The van der Waals surface area contributed by atoms with Gasteiger partial charge in [0.1, 0.15) is 0 Å². The molecule has 0 radical (unpaired) electrons. The van der Waals surface area contributed by atoms with Gasteiger partial charge in [-0.15, -0.1) is 11.3 Å². The quantitative estimate of drug-likeness (QED) is 0.544. The molecule has 3 aromatic heterocycles. The number of morpholine rings is 1. The zero-order valence-corrected chi connectivity index (χ0v) is 17.8. The molecule has 0 bridgehead atoms. The van der Waals surface area contributed by atoms with Crippen LogP contribution in [0.5, 0.6) is 0 Å². The molecule has 1 N–H and O–H groups in total. The maximum atomic E-state index is 9.77. The Balaban J connectivity index is 1.63. The van der Waals surface area contributed by atoms with Crippen molar-refractivity contribution in [1.82, 2.24) is 19.7 Å². The number of ether oxygens (including phenoxy) is 1. The Hall–Kier alpha value is -2.81. The van der Waals surface area contributed by atoms with Crippen LogP contribution in [0, 0.1) is 13.8 Å². The molecule has 1 aromatic carbocycles. The fraction of sp³-hybridized carbons (Fsp3) is 0.318. The first-order valence-corrected chi connectivity index (χ1v) is 10.8. The first-order chi connectivity index (χ1) is 14.6. The zero-order chi connectivity index (χ0) is 20.7. The molecule has 5 rings (SSSR count). The molecule has 0 aliphatic carbocycles. The van der Waals surface area contributed by atoms with Gasteiger partial charge in [-0.1, -0.05) is 23.8 Å². The summed E-state index contributed by atoms with van der Waals surface area (Å²) in [6.45, 7) is 7.00. The van der Waals surface area contributed by atoms with E-state index >= 15 is 0 Å². The minimum atomic E-state index is 0.00399. The Morgan fingerprint density at radius 2 is 1.97 bits per heavy atom. The van der Waals surface area contributed by atoms with Crippen LogP contribution in [0.25, 0.3) is 27.4 Å². The van der Waals surface area contributed by atoms with Crippen LogP contribution in [0.4, 0.5) is 5.82 Å². The predicted octanol–water partition coefficient (Wildman–Crippen LogP) is 3.49. The van der Waals surface area contributed by atoms with E-state index in [2.05, 4.69) is 30.0 Å². The number of aliphatic hydroxyl groups is 1. The monoisotopic (exact) mass is 421 g/mol. The maximum Gasteiger partial charge on any atom is 0.253 e. The number of anilines is 1. The Labute approximate surface area is 178 Å². The van der Waals surface area contributed by atoms with Crippen molar-refractivity contribution in [3.63, 3.8) is 0 Å². The van der Waals surface area contributed by atoms with E-state index in [0.717, 1.165) is 50.8 Å². The van der Waals surface area contributed by atoms with Crippen LogP contribution in [0.1, 0.15) is 16.0 Å².